The Balaban J connectivity index is 2.12. The number of benzene rings is 1. The number of hydrogen-bond donors (Lipinski definition) is 0. The number of carbonyl (C=O) groups excluding carboxylic acids is 2. The number of fused-ring (bicyclic) bond motifs is 1. The zero-order chi connectivity index (χ0) is 15.2. The number of thioether (sulfide) groups is 1. The highest BCUT2D eigenvalue weighted by molar-refractivity contribution is 7.99. The van der Waals surface area contributed by atoms with Gasteiger partial charge in [0.2, 0.25) is 0 Å². The Bertz CT molecular complexity index is 497. The van der Waals surface area contributed by atoms with Crippen LogP contribution in [0.1, 0.15) is 31.7 Å². The van der Waals surface area contributed by atoms with Gasteiger partial charge in [0.25, 0.3) is 0 Å². The molecule has 0 bridgehead atoms. The summed E-state index contributed by atoms with van der Waals surface area (Å²) in [6.45, 7) is 4.01. The van der Waals surface area contributed by atoms with E-state index in [4.69, 9.17) is 9.47 Å². The van der Waals surface area contributed by atoms with Gasteiger partial charge in [0.05, 0.1) is 13.2 Å². The van der Waals surface area contributed by atoms with Crippen LogP contribution in [0.5, 0.6) is 0 Å². The predicted molar refractivity (Wildman–Crippen MR) is 81.3 cm³/mol. The molecule has 1 aliphatic heterocycles. The first kappa shape index (κ1) is 15.9. The van der Waals surface area contributed by atoms with Gasteiger partial charge in [-0.2, -0.15) is 0 Å². The molecule has 1 unspecified atom stereocenters. The SMILES string of the molecule is CCOC(=O)C(CC1CSc2ccccc21)C(=O)OCC. The zero-order valence-corrected chi connectivity index (χ0v) is 13.2. The first-order valence-electron chi connectivity index (χ1n) is 7.22. The van der Waals surface area contributed by atoms with Crippen LogP contribution in [0.15, 0.2) is 29.2 Å². The van der Waals surface area contributed by atoms with E-state index in [1.807, 2.05) is 12.1 Å². The van der Waals surface area contributed by atoms with Crippen molar-refractivity contribution in [2.45, 2.75) is 31.1 Å². The van der Waals surface area contributed by atoms with E-state index in [-0.39, 0.29) is 19.1 Å². The fraction of sp³-hybridized carbons (Fsp3) is 0.500. The zero-order valence-electron chi connectivity index (χ0n) is 12.3. The van der Waals surface area contributed by atoms with Crippen LogP contribution < -0.4 is 0 Å². The average Bonchev–Trinajstić information content (AvgIpc) is 2.88. The monoisotopic (exact) mass is 308 g/mol. The summed E-state index contributed by atoms with van der Waals surface area (Å²) < 4.78 is 10.0. The highest BCUT2D eigenvalue weighted by atomic mass is 32.2. The molecule has 2 rings (SSSR count). The third-order valence-electron chi connectivity index (χ3n) is 3.46. The summed E-state index contributed by atoms with van der Waals surface area (Å²) in [4.78, 5) is 25.3. The van der Waals surface area contributed by atoms with Gasteiger partial charge in [-0.1, -0.05) is 18.2 Å². The van der Waals surface area contributed by atoms with Gasteiger partial charge in [-0.25, -0.2) is 0 Å². The summed E-state index contributed by atoms with van der Waals surface area (Å²) in [5, 5.41) is 0. The topological polar surface area (TPSA) is 52.6 Å². The van der Waals surface area contributed by atoms with Gasteiger partial charge < -0.3 is 9.47 Å². The Labute approximate surface area is 129 Å². The summed E-state index contributed by atoms with van der Waals surface area (Å²) in [6.07, 6.45) is 0.446. The maximum atomic E-state index is 12.0. The summed E-state index contributed by atoms with van der Waals surface area (Å²) in [5.41, 5.74) is 1.21. The second-order valence-corrected chi connectivity index (χ2v) is 5.90. The van der Waals surface area contributed by atoms with Crippen molar-refractivity contribution < 1.29 is 19.1 Å². The summed E-state index contributed by atoms with van der Waals surface area (Å²) in [6, 6.07) is 8.13. The molecule has 0 aliphatic carbocycles. The Hall–Kier alpha value is -1.49. The van der Waals surface area contributed by atoms with E-state index in [0.717, 1.165) is 5.75 Å². The second kappa shape index (κ2) is 7.50. The molecule has 0 fully saturated rings. The van der Waals surface area contributed by atoms with E-state index in [1.165, 1.54) is 10.5 Å². The standard InChI is InChI=1S/C16H20O4S/c1-3-19-15(17)13(16(18)20-4-2)9-11-10-21-14-8-6-5-7-12(11)14/h5-8,11,13H,3-4,9-10H2,1-2H3. The van der Waals surface area contributed by atoms with Gasteiger partial charge in [0.1, 0.15) is 0 Å². The van der Waals surface area contributed by atoms with Gasteiger partial charge in [-0.05, 0) is 37.8 Å². The van der Waals surface area contributed by atoms with Crippen molar-refractivity contribution in [1.29, 1.82) is 0 Å². The van der Waals surface area contributed by atoms with E-state index >= 15 is 0 Å². The van der Waals surface area contributed by atoms with Crippen LogP contribution in [0.3, 0.4) is 0 Å². The van der Waals surface area contributed by atoms with Crippen LogP contribution in [-0.2, 0) is 19.1 Å². The van der Waals surface area contributed by atoms with Gasteiger partial charge in [-0.3, -0.25) is 9.59 Å². The molecule has 1 aromatic carbocycles. The number of ether oxygens (including phenoxy) is 2. The highest BCUT2D eigenvalue weighted by Gasteiger charge is 2.35. The molecule has 0 aromatic heterocycles. The lowest BCUT2D eigenvalue weighted by molar-refractivity contribution is -0.162. The largest absolute Gasteiger partial charge is 0.465 e. The van der Waals surface area contributed by atoms with E-state index in [1.54, 1.807) is 25.6 Å². The summed E-state index contributed by atoms with van der Waals surface area (Å²) in [5.74, 6) is -0.725. The number of rotatable bonds is 6. The summed E-state index contributed by atoms with van der Waals surface area (Å²) >= 11 is 1.76. The second-order valence-electron chi connectivity index (χ2n) is 4.84. The molecule has 0 N–H and O–H groups in total. The van der Waals surface area contributed by atoms with Crippen LogP contribution in [-0.4, -0.2) is 30.9 Å². The molecular formula is C16H20O4S. The molecule has 1 heterocycles. The molecule has 21 heavy (non-hydrogen) atoms. The third kappa shape index (κ3) is 3.79. The van der Waals surface area contributed by atoms with Crippen LogP contribution in [0.4, 0.5) is 0 Å². The smallest absolute Gasteiger partial charge is 0.320 e. The molecule has 0 saturated heterocycles. The molecule has 4 nitrogen and oxygen atoms in total. The minimum atomic E-state index is -0.832. The van der Waals surface area contributed by atoms with Gasteiger partial charge in [0, 0.05) is 10.6 Å². The van der Waals surface area contributed by atoms with E-state index in [2.05, 4.69) is 12.1 Å². The molecule has 0 radical (unpaired) electrons. The lowest BCUT2D eigenvalue weighted by Gasteiger charge is -2.18. The Kier molecular flexibility index (Phi) is 5.67. The number of esters is 2. The van der Waals surface area contributed by atoms with E-state index < -0.39 is 17.9 Å². The Morgan fingerprint density at radius 2 is 1.81 bits per heavy atom. The molecule has 5 heteroatoms. The number of hydrogen-bond acceptors (Lipinski definition) is 5. The van der Waals surface area contributed by atoms with Gasteiger partial charge in [-0.15, -0.1) is 11.8 Å². The van der Waals surface area contributed by atoms with Crippen molar-refractivity contribution in [3.63, 3.8) is 0 Å². The van der Waals surface area contributed by atoms with E-state index in [9.17, 15) is 9.59 Å². The molecule has 0 saturated carbocycles. The molecule has 1 atom stereocenters. The first-order valence-corrected chi connectivity index (χ1v) is 8.20. The van der Waals surface area contributed by atoms with Crippen molar-refractivity contribution >= 4 is 23.7 Å². The van der Waals surface area contributed by atoms with Crippen molar-refractivity contribution in [2.75, 3.05) is 19.0 Å². The molecular weight excluding hydrogens is 288 g/mol. The predicted octanol–water partition coefficient (Wildman–Crippen LogP) is 3.01. The van der Waals surface area contributed by atoms with Crippen molar-refractivity contribution in [2.24, 2.45) is 5.92 Å². The number of carbonyl (C=O) groups is 2. The third-order valence-corrected chi connectivity index (χ3v) is 4.71. The van der Waals surface area contributed by atoms with Crippen LogP contribution in [0, 0.1) is 5.92 Å². The lowest BCUT2D eigenvalue weighted by Crippen LogP contribution is -2.29. The lowest BCUT2D eigenvalue weighted by atomic mass is 9.90. The van der Waals surface area contributed by atoms with Gasteiger partial charge in [0.15, 0.2) is 5.92 Å². The minimum Gasteiger partial charge on any atom is -0.465 e. The average molecular weight is 308 g/mol. The fourth-order valence-electron chi connectivity index (χ4n) is 2.48. The minimum absolute atomic E-state index is 0.185. The van der Waals surface area contributed by atoms with Crippen molar-refractivity contribution in [1.82, 2.24) is 0 Å². The van der Waals surface area contributed by atoms with Crippen molar-refractivity contribution in [3.05, 3.63) is 29.8 Å². The van der Waals surface area contributed by atoms with Crippen LogP contribution >= 0.6 is 11.8 Å². The quantitative estimate of drug-likeness (QED) is 0.597. The molecule has 0 spiro atoms. The first-order chi connectivity index (χ1) is 10.2. The molecule has 1 aromatic rings. The van der Waals surface area contributed by atoms with Crippen molar-refractivity contribution in [3.8, 4) is 0 Å². The van der Waals surface area contributed by atoms with Crippen LogP contribution in [0.2, 0.25) is 0 Å². The highest BCUT2D eigenvalue weighted by Crippen LogP contribution is 2.42. The van der Waals surface area contributed by atoms with Gasteiger partial charge >= 0.3 is 11.9 Å². The summed E-state index contributed by atoms with van der Waals surface area (Å²) in [7, 11) is 0. The van der Waals surface area contributed by atoms with E-state index in [0.29, 0.717) is 6.42 Å². The molecule has 114 valence electrons. The molecule has 0 amide bonds. The maximum absolute atomic E-state index is 12.0. The Morgan fingerprint density at radius 3 is 2.43 bits per heavy atom. The fourth-order valence-corrected chi connectivity index (χ4v) is 3.76. The van der Waals surface area contributed by atoms with Crippen LogP contribution in [0.25, 0.3) is 0 Å². The maximum Gasteiger partial charge on any atom is 0.320 e. The Morgan fingerprint density at radius 1 is 1.19 bits per heavy atom. The normalized spacial score (nSPS) is 16.6. The molecule has 1 aliphatic rings.